The van der Waals surface area contributed by atoms with Crippen LogP contribution >= 0.6 is 11.6 Å². The minimum Gasteiger partial charge on any atom is -0.383 e. The molecule has 0 radical (unpaired) electrons. The van der Waals surface area contributed by atoms with Crippen molar-refractivity contribution in [3.8, 4) is 16.9 Å². The van der Waals surface area contributed by atoms with E-state index in [-0.39, 0.29) is 51.0 Å². The summed E-state index contributed by atoms with van der Waals surface area (Å²) in [4.78, 5) is 38.3. The van der Waals surface area contributed by atoms with Crippen molar-refractivity contribution in [2.45, 2.75) is 32.5 Å². The first kappa shape index (κ1) is 28.7. The summed E-state index contributed by atoms with van der Waals surface area (Å²) in [5, 5.41) is 7.13. The molecule has 15 heteroatoms. The van der Waals surface area contributed by atoms with Gasteiger partial charge in [0, 0.05) is 18.0 Å². The Bertz CT molecular complexity index is 1880. The normalized spacial score (nSPS) is 11.8. The van der Waals surface area contributed by atoms with Crippen LogP contribution in [0.3, 0.4) is 0 Å². The highest BCUT2D eigenvalue weighted by atomic mass is 35.5. The molecule has 5 rings (SSSR count). The maximum absolute atomic E-state index is 15.3. The Labute approximate surface area is 239 Å². The summed E-state index contributed by atoms with van der Waals surface area (Å²) in [6.07, 6.45) is -1.03. The number of nitrogens with one attached hydrogen (secondary N) is 1. The van der Waals surface area contributed by atoms with E-state index in [4.69, 9.17) is 17.3 Å². The van der Waals surface area contributed by atoms with Crippen molar-refractivity contribution in [3.05, 3.63) is 87.6 Å². The molecule has 1 aromatic carbocycles. The number of hydrogen-bond acceptors (Lipinski definition) is 7. The zero-order chi connectivity index (χ0) is 30.3. The van der Waals surface area contributed by atoms with Crippen molar-refractivity contribution in [2.75, 3.05) is 11.1 Å². The molecule has 0 saturated heterocycles. The van der Waals surface area contributed by atoms with Crippen molar-refractivity contribution in [1.29, 1.82) is 0 Å². The van der Waals surface area contributed by atoms with Crippen molar-refractivity contribution in [3.63, 3.8) is 0 Å². The molecule has 0 spiro atoms. The zero-order valence-electron chi connectivity index (χ0n) is 21.9. The van der Waals surface area contributed by atoms with Gasteiger partial charge < -0.3 is 15.6 Å². The number of amides is 1. The van der Waals surface area contributed by atoms with E-state index >= 15 is 4.39 Å². The monoisotopic (exact) mass is 600 g/mol. The molecular weight excluding hydrogens is 580 g/mol. The molecule has 42 heavy (non-hydrogen) atoms. The molecular formula is C27H21ClF4N8O2. The van der Waals surface area contributed by atoms with Crippen LogP contribution in [0, 0.1) is 5.82 Å². The van der Waals surface area contributed by atoms with Gasteiger partial charge in [-0.2, -0.15) is 23.0 Å². The number of alkyl halides is 3. The van der Waals surface area contributed by atoms with E-state index in [1.807, 2.05) is 13.8 Å². The third kappa shape index (κ3) is 5.65. The molecule has 216 valence electrons. The molecule has 0 unspecified atom stereocenters. The molecule has 3 N–H and O–H groups in total. The minimum atomic E-state index is -4.55. The summed E-state index contributed by atoms with van der Waals surface area (Å²) in [5.41, 5.74) is 5.22. The molecule has 5 aromatic rings. The highest BCUT2D eigenvalue weighted by Crippen LogP contribution is 2.35. The molecule has 0 aliphatic carbocycles. The Balaban J connectivity index is 1.51. The van der Waals surface area contributed by atoms with E-state index in [1.54, 1.807) is 0 Å². The lowest BCUT2D eigenvalue weighted by Gasteiger charge is -2.13. The Morgan fingerprint density at radius 2 is 1.88 bits per heavy atom. The van der Waals surface area contributed by atoms with Crippen LogP contribution in [0.2, 0.25) is 5.02 Å². The van der Waals surface area contributed by atoms with Crippen LogP contribution in [0.25, 0.3) is 28.0 Å². The van der Waals surface area contributed by atoms with Crippen molar-refractivity contribution in [1.82, 2.24) is 29.3 Å². The van der Waals surface area contributed by atoms with E-state index < -0.39 is 30.0 Å². The fourth-order valence-corrected chi connectivity index (χ4v) is 4.37. The number of nitrogens with zero attached hydrogens (tertiary/aromatic N) is 6. The zero-order valence-corrected chi connectivity index (χ0v) is 22.7. The van der Waals surface area contributed by atoms with E-state index in [1.165, 1.54) is 36.5 Å². The van der Waals surface area contributed by atoms with Crippen molar-refractivity contribution < 1.29 is 22.4 Å². The maximum Gasteiger partial charge on any atom is 0.406 e. The molecule has 0 aliphatic heterocycles. The average Bonchev–Trinajstić information content (AvgIpc) is 3.28. The lowest BCUT2D eigenvalue weighted by atomic mass is 10.0. The van der Waals surface area contributed by atoms with Crippen molar-refractivity contribution in [2.24, 2.45) is 0 Å². The number of carbonyl (C=O) groups excluding carboxylic acids is 1. The lowest BCUT2D eigenvalue weighted by Crippen LogP contribution is -2.31. The number of hydrogen-bond donors (Lipinski definition) is 2. The molecule has 0 aliphatic rings. The smallest absolute Gasteiger partial charge is 0.383 e. The average molecular weight is 601 g/mol. The summed E-state index contributed by atoms with van der Waals surface area (Å²) in [6.45, 7) is 2.29. The number of halogens is 5. The minimum absolute atomic E-state index is 0.0716. The van der Waals surface area contributed by atoms with Crippen LogP contribution in [0.1, 0.15) is 35.8 Å². The van der Waals surface area contributed by atoms with E-state index in [0.29, 0.717) is 10.7 Å². The van der Waals surface area contributed by atoms with Crippen LogP contribution in [-0.2, 0) is 6.54 Å². The van der Waals surface area contributed by atoms with Crippen molar-refractivity contribution >= 4 is 40.0 Å². The van der Waals surface area contributed by atoms with Gasteiger partial charge in [-0.05, 0) is 41.8 Å². The maximum atomic E-state index is 15.3. The van der Waals surface area contributed by atoms with Gasteiger partial charge in [0.15, 0.2) is 5.82 Å². The first-order valence-electron chi connectivity index (χ1n) is 12.4. The largest absolute Gasteiger partial charge is 0.406 e. The predicted molar refractivity (Wildman–Crippen MR) is 148 cm³/mol. The van der Waals surface area contributed by atoms with Gasteiger partial charge in [-0.25, -0.2) is 19.3 Å². The number of carbonyl (C=O) groups is 1. The molecule has 1 amide bonds. The first-order valence-corrected chi connectivity index (χ1v) is 12.7. The highest BCUT2D eigenvalue weighted by Gasteiger charge is 2.30. The molecule has 0 bridgehead atoms. The number of pyridine rings is 1. The number of fused-ring (bicyclic) bond motifs is 1. The summed E-state index contributed by atoms with van der Waals surface area (Å²) in [5.74, 6) is -1.95. The summed E-state index contributed by atoms with van der Waals surface area (Å²) < 4.78 is 56.6. The van der Waals surface area contributed by atoms with Gasteiger partial charge in [-0.3, -0.25) is 9.59 Å². The van der Waals surface area contributed by atoms with Crippen LogP contribution in [0.5, 0.6) is 0 Å². The number of nitrogen functional groups attached to an aromatic ring is 1. The fourth-order valence-electron chi connectivity index (χ4n) is 4.26. The summed E-state index contributed by atoms with van der Waals surface area (Å²) in [6, 6.07) is 7.93. The fraction of sp³-hybridized carbons (Fsp3) is 0.185. The second kappa shape index (κ2) is 10.9. The topological polar surface area (TPSA) is 134 Å². The van der Waals surface area contributed by atoms with E-state index in [0.717, 1.165) is 27.8 Å². The number of nitrogens with two attached hydrogens (primary N) is 1. The predicted octanol–water partition coefficient (Wildman–Crippen LogP) is 5.35. The Hall–Kier alpha value is -4.85. The van der Waals surface area contributed by atoms with E-state index in [2.05, 4.69) is 25.4 Å². The number of rotatable bonds is 6. The number of benzene rings is 1. The van der Waals surface area contributed by atoms with Gasteiger partial charge in [0.1, 0.15) is 35.7 Å². The standard InChI is InChI=1S/C27H21ClF4N8O2/c1-13(2)20-8-16(26(42)40(38-20)21-6-4-15(28)9-34-21)25(41)37-19-5-3-14(7-18(19)29)17-10-39(11-27(30,31)32)24-22(17)23(33)35-12-36-24/h3-10,12-13H,11H2,1-2H3,(H,37,41)(H2,33,35,36). The van der Waals surface area contributed by atoms with Gasteiger partial charge in [-0.1, -0.05) is 31.5 Å². The molecule has 0 saturated carbocycles. The lowest BCUT2D eigenvalue weighted by molar-refractivity contribution is -0.139. The Morgan fingerprint density at radius 3 is 2.52 bits per heavy atom. The van der Waals surface area contributed by atoms with Gasteiger partial charge in [0.05, 0.1) is 21.8 Å². The van der Waals surface area contributed by atoms with Crippen LogP contribution < -0.4 is 16.6 Å². The second-order valence-electron chi connectivity index (χ2n) is 9.58. The molecule has 0 atom stereocenters. The molecule has 4 heterocycles. The molecule has 10 nitrogen and oxygen atoms in total. The van der Waals surface area contributed by atoms with Gasteiger partial charge in [-0.15, -0.1) is 0 Å². The van der Waals surface area contributed by atoms with Crippen LogP contribution in [0.15, 0.2) is 59.9 Å². The van der Waals surface area contributed by atoms with Gasteiger partial charge in [0.25, 0.3) is 11.5 Å². The first-order chi connectivity index (χ1) is 19.8. The van der Waals surface area contributed by atoms with Crippen LogP contribution in [0.4, 0.5) is 29.1 Å². The third-order valence-electron chi connectivity index (χ3n) is 6.26. The quantitative estimate of drug-likeness (QED) is 0.251. The molecule has 4 aromatic heterocycles. The Morgan fingerprint density at radius 1 is 1.12 bits per heavy atom. The Kier molecular flexibility index (Phi) is 7.41. The summed E-state index contributed by atoms with van der Waals surface area (Å²) >= 11 is 5.89. The number of aromatic nitrogens is 6. The highest BCUT2D eigenvalue weighted by molar-refractivity contribution is 6.30. The third-order valence-corrected chi connectivity index (χ3v) is 6.48. The number of anilines is 2. The van der Waals surface area contributed by atoms with Gasteiger partial charge in [0.2, 0.25) is 0 Å². The van der Waals surface area contributed by atoms with Gasteiger partial charge >= 0.3 is 6.18 Å². The molecule has 0 fully saturated rings. The van der Waals surface area contributed by atoms with Crippen LogP contribution in [-0.4, -0.2) is 41.4 Å². The SMILES string of the molecule is CC(C)c1cc(C(=O)Nc2ccc(-c3cn(CC(F)(F)F)c4ncnc(N)c34)cc2F)c(=O)n(-c2ccc(Cl)cn2)n1. The second-order valence-corrected chi connectivity index (χ2v) is 10.0. The van der Waals surface area contributed by atoms with E-state index in [9.17, 15) is 22.8 Å². The summed E-state index contributed by atoms with van der Waals surface area (Å²) in [7, 11) is 0.